The first-order chi connectivity index (χ1) is 9.52. The molecule has 0 saturated carbocycles. The molecule has 1 aromatic heterocycles. The fourth-order valence-corrected chi connectivity index (χ4v) is 2.12. The van der Waals surface area contributed by atoms with Crippen molar-refractivity contribution in [3.63, 3.8) is 0 Å². The Morgan fingerprint density at radius 2 is 2.10 bits per heavy atom. The minimum atomic E-state index is -0.260. The number of rotatable bonds is 5. The van der Waals surface area contributed by atoms with E-state index >= 15 is 0 Å². The van der Waals surface area contributed by atoms with Gasteiger partial charge >= 0.3 is 0 Å². The fraction of sp³-hybridized carbons (Fsp3) is 0.467. The van der Waals surface area contributed by atoms with Crippen LogP contribution in [0.15, 0.2) is 22.7 Å². The van der Waals surface area contributed by atoms with Gasteiger partial charge < -0.3 is 9.84 Å². The zero-order valence-electron chi connectivity index (χ0n) is 12.3. The van der Waals surface area contributed by atoms with Crippen molar-refractivity contribution in [1.82, 2.24) is 15.5 Å². The van der Waals surface area contributed by atoms with Gasteiger partial charge in [0.15, 0.2) is 0 Å². The van der Waals surface area contributed by atoms with E-state index in [1.54, 1.807) is 6.07 Å². The first-order valence-electron chi connectivity index (χ1n) is 6.86. The van der Waals surface area contributed by atoms with Crippen LogP contribution < -0.4 is 5.32 Å². The van der Waals surface area contributed by atoms with Crippen LogP contribution in [0.5, 0.6) is 0 Å². The maximum Gasteiger partial charge on any atom is 0.231 e. The van der Waals surface area contributed by atoms with Crippen LogP contribution in [-0.4, -0.2) is 22.7 Å². The molecule has 20 heavy (non-hydrogen) atoms. The largest absolute Gasteiger partial charge is 0.339 e. The molecule has 0 fully saturated rings. The normalized spacial score (nSPS) is 14.2. The Balaban J connectivity index is 2.24. The van der Waals surface area contributed by atoms with E-state index in [-0.39, 0.29) is 17.8 Å². The lowest BCUT2D eigenvalue weighted by Crippen LogP contribution is -2.30. The third kappa shape index (κ3) is 3.04. The van der Waals surface area contributed by atoms with Crippen LogP contribution in [0.25, 0.3) is 11.4 Å². The average molecular weight is 277 g/mol. The maximum atomic E-state index is 13.1. The molecule has 108 valence electrons. The monoisotopic (exact) mass is 277 g/mol. The molecular formula is C15H20FN3O. The molecule has 0 amide bonds. The van der Waals surface area contributed by atoms with Gasteiger partial charge in [0.2, 0.25) is 11.7 Å². The smallest absolute Gasteiger partial charge is 0.231 e. The van der Waals surface area contributed by atoms with E-state index in [0.29, 0.717) is 11.7 Å². The maximum absolute atomic E-state index is 13.1. The lowest BCUT2D eigenvalue weighted by molar-refractivity contribution is 0.332. The van der Waals surface area contributed by atoms with Crippen LogP contribution in [0.2, 0.25) is 0 Å². The van der Waals surface area contributed by atoms with Crippen LogP contribution in [0, 0.1) is 12.7 Å². The summed E-state index contributed by atoms with van der Waals surface area (Å²) >= 11 is 0. The number of hydrogen-bond donors (Lipinski definition) is 1. The second-order valence-corrected chi connectivity index (χ2v) is 5.05. The van der Waals surface area contributed by atoms with Crippen molar-refractivity contribution in [1.29, 1.82) is 0 Å². The molecule has 2 atom stereocenters. The van der Waals surface area contributed by atoms with Gasteiger partial charge in [0.1, 0.15) is 5.82 Å². The summed E-state index contributed by atoms with van der Waals surface area (Å²) in [5.41, 5.74) is 1.59. The number of benzene rings is 1. The first kappa shape index (κ1) is 14.7. The van der Waals surface area contributed by atoms with Crippen molar-refractivity contribution in [3.05, 3.63) is 35.5 Å². The summed E-state index contributed by atoms with van der Waals surface area (Å²) < 4.78 is 18.5. The molecule has 2 rings (SSSR count). The number of hydrogen-bond acceptors (Lipinski definition) is 4. The Hall–Kier alpha value is -1.75. The van der Waals surface area contributed by atoms with Gasteiger partial charge in [-0.2, -0.15) is 4.98 Å². The van der Waals surface area contributed by atoms with Crippen molar-refractivity contribution in [2.45, 2.75) is 39.7 Å². The van der Waals surface area contributed by atoms with E-state index < -0.39 is 0 Å². The summed E-state index contributed by atoms with van der Waals surface area (Å²) in [6.07, 6.45) is 0. The summed E-state index contributed by atoms with van der Waals surface area (Å²) in [6.45, 7) is 8.91. The second kappa shape index (κ2) is 6.13. The molecular weight excluding hydrogens is 257 g/mol. The van der Waals surface area contributed by atoms with E-state index in [4.69, 9.17) is 4.52 Å². The van der Waals surface area contributed by atoms with Gasteiger partial charge in [-0.1, -0.05) is 19.0 Å². The molecule has 1 heterocycles. The molecule has 0 aliphatic rings. The molecule has 0 saturated heterocycles. The number of aryl methyl sites for hydroxylation is 1. The minimum Gasteiger partial charge on any atom is -0.339 e. The topological polar surface area (TPSA) is 51.0 Å². The van der Waals surface area contributed by atoms with Gasteiger partial charge in [0.25, 0.3) is 0 Å². The highest BCUT2D eigenvalue weighted by Gasteiger charge is 2.21. The van der Waals surface area contributed by atoms with E-state index in [9.17, 15) is 4.39 Å². The molecule has 0 radical (unpaired) electrons. The van der Waals surface area contributed by atoms with Gasteiger partial charge in [-0.3, -0.25) is 0 Å². The lowest BCUT2D eigenvalue weighted by Gasteiger charge is -2.16. The number of nitrogens with zero attached hydrogens (tertiary/aromatic N) is 2. The number of likely N-dealkylation sites (N-methyl/N-ethyl adjacent to an activating group) is 1. The predicted octanol–water partition coefficient (Wildman–Crippen LogP) is 3.29. The van der Waals surface area contributed by atoms with Gasteiger partial charge in [0.05, 0.1) is 5.92 Å². The van der Waals surface area contributed by atoms with Crippen molar-refractivity contribution in [2.24, 2.45) is 0 Å². The van der Waals surface area contributed by atoms with E-state index in [0.717, 1.165) is 17.7 Å². The molecule has 0 bridgehead atoms. The summed E-state index contributed by atoms with van der Waals surface area (Å²) in [4.78, 5) is 4.43. The van der Waals surface area contributed by atoms with Gasteiger partial charge in [-0.25, -0.2) is 4.39 Å². The van der Waals surface area contributed by atoms with Crippen molar-refractivity contribution in [3.8, 4) is 11.4 Å². The van der Waals surface area contributed by atoms with Crippen LogP contribution in [0.1, 0.15) is 38.1 Å². The SMILES string of the molecule is CCNC(C)C(C)c1nc(-c2ccc(F)cc2C)no1. The molecule has 0 aliphatic carbocycles. The Labute approximate surface area is 118 Å². The molecule has 0 aliphatic heterocycles. The molecule has 5 heteroatoms. The highest BCUT2D eigenvalue weighted by Crippen LogP contribution is 2.24. The number of aromatic nitrogens is 2. The summed E-state index contributed by atoms with van der Waals surface area (Å²) in [7, 11) is 0. The van der Waals surface area contributed by atoms with E-state index in [1.165, 1.54) is 12.1 Å². The lowest BCUT2D eigenvalue weighted by atomic mass is 10.0. The summed E-state index contributed by atoms with van der Waals surface area (Å²) in [5.74, 6) is 0.964. The molecule has 0 spiro atoms. The zero-order chi connectivity index (χ0) is 14.7. The standard InChI is InChI=1S/C15H20FN3O/c1-5-17-11(4)10(3)15-18-14(19-20-15)13-7-6-12(16)8-9(13)2/h6-8,10-11,17H,5H2,1-4H3. The molecule has 1 N–H and O–H groups in total. The predicted molar refractivity (Wildman–Crippen MR) is 76.0 cm³/mol. The number of nitrogens with one attached hydrogen (secondary N) is 1. The molecule has 4 nitrogen and oxygen atoms in total. The summed E-state index contributed by atoms with van der Waals surface area (Å²) in [6, 6.07) is 4.80. The first-order valence-corrected chi connectivity index (χ1v) is 6.86. The van der Waals surface area contributed by atoms with Crippen LogP contribution in [0.3, 0.4) is 0 Å². The second-order valence-electron chi connectivity index (χ2n) is 5.05. The van der Waals surface area contributed by atoms with Crippen LogP contribution in [0.4, 0.5) is 4.39 Å². The highest BCUT2D eigenvalue weighted by molar-refractivity contribution is 5.59. The number of halogens is 1. The fourth-order valence-electron chi connectivity index (χ4n) is 2.12. The van der Waals surface area contributed by atoms with Crippen LogP contribution >= 0.6 is 0 Å². The molecule has 1 aromatic carbocycles. The minimum absolute atomic E-state index is 0.122. The highest BCUT2D eigenvalue weighted by atomic mass is 19.1. The third-order valence-electron chi connectivity index (χ3n) is 3.54. The van der Waals surface area contributed by atoms with Gasteiger partial charge in [-0.15, -0.1) is 0 Å². The zero-order valence-corrected chi connectivity index (χ0v) is 12.3. The van der Waals surface area contributed by atoms with E-state index in [2.05, 4.69) is 29.3 Å². The summed E-state index contributed by atoms with van der Waals surface area (Å²) in [5, 5.41) is 7.34. The van der Waals surface area contributed by atoms with Gasteiger partial charge in [-0.05, 0) is 44.2 Å². The van der Waals surface area contributed by atoms with Crippen molar-refractivity contribution in [2.75, 3.05) is 6.54 Å². The van der Waals surface area contributed by atoms with Crippen molar-refractivity contribution < 1.29 is 8.91 Å². The quantitative estimate of drug-likeness (QED) is 0.911. The van der Waals surface area contributed by atoms with Crippen LogP contribution in [-0.2, 0) is 0 Å². The van der Waals surface area contributed by atoms with E-state index in [1.807, 2.05) is 13.8 Å². The Morgan fingerprint density at radius 3 is 2.75 bits per heavy atom. The van der Waals surface area contributed by atoms with Crippen molar-refractivity contribution >= 4 is 0 Å². The Bertz CT molecular complexity index is 582. The average Bonchev–Trinajstić information content (AvgIpc) is 2.87. The van der Waals surface area contributed by atoms with Gasteiger partial charge in [0, 0.05) is 11.6 Å². The Kier molecular flexibility index (Phi) is 4.49. The molecule has 2 unspecified atom stereocenters. The Morgan fingerprint density at radius 1 is 1.35 bits per heavy atom. The third-order valence-corrected chi connectivity index (χ3v) is 3.54. The molecule has 2 aromatic rings.